The Morgan fingerprint density at radius 2 is 1.69 bits per heavy atom. The van der Waals surface area contributed by atoms with Crippen LogP contribution in [0, 0.1) is 0 Å². The Labute approximate surface area is 192 Å². The highest BCUT2D eigenvalue weighted by atomic mass is 35.5. The molecule has 3 aromatic heterocycles. The number of halogens is 1. The standard InChI is InChI=1S/C26H23N5.ClH/c27-26(12-4-13-26)21-9-7-18(8-10-21)23-24(19-5-2-1-3-6-19)31-16-11-20(17-22(31)30-23)25-28-14-15-29-25;/h1-3,5-11,14-17H,4,12-13,27H2,(H,28,29);1H. The summed E-state index contributed by atoms with van der Waals surface area (Å²) in [5.41, 5.74) is 13.8. The van der Waals surface area contributed by atoms with Gasteiger partial charge in [0, 0.05) is 40.8 Å². The van der Waals surface area contributed by atoms with Gasteiger partial charge in [-0.3, -0.25) is 4.40 Å². The molecule has 6 heteroatoms. The zero-order valence-electron chi connectivity index (χ0n) is 17.5. The second-order valence-electron chi connectivity index (χ2n) is 8.34. The topological polar surface area (TPSA) is 72.0 Å². The van der Waals surface area contributed by atoms with E-state index in [1.54, 1.807) is 6.20 Å². The molecule has 0 spiro atoms. The van der Waals surface area contributed by atoms with Crippen molar-refractivity contribution in [1.29, 1.82) is 0 Å². The van der Waals surface area contributed by atoms with E-state index in [0.717, 1.165) is 52.4 Å². The van der Waals surface area contributed by atoms with Gasteiger partial charge in [0.05, 0.1) is 11.4 Å². The molecule has 6 rings (SSSR count). The molecule has 32 heavy (non-hydrogen) atoms. The highest BCUT2D eigenvalue weighted by Gasteiger charge is 2.34. The molecule has 0 saturated heterocycles. The van der Waals surface area contributed by atoms with Crippen LogP contribution >= 0.6 is 12.4 Å². The first-order valence-corrected chi connectivity index (χ1v) is 10.7. The number of H-pyrrole nitrogens is 1. The fourth-order valence-corrected chi connectivity index (χ4v) is 4.49. The van der Waals surface area contributed by atoms with E-state index in [2.05, 4.69) is 81.2 Å². The first kappa shape index (κ1) is 20.5. The van der Waals surface area contributed by atoms with Crippen LogP contribution in [-0.4, -0.2) is 19.4 Å². The third kappa shape index (κ3) is 3.30. The lowest BCUT2D eigenvalue weighted by Crippen LogP contribution is -2.43. The number of pyridine rings is 1. The van der Waals surface area contributed by atoms with Gasteiger partial charge < -0.3 is 10.7 Å². The van der Waals surface area contributed by atoms with Crippen LogP contribution in [0.15, 0.2) is 85.3 Å². The van der Waals surface area contributed by atoms with Crippen LogP contribution in [0.2, 0.25) is 0 Å². The quantitative estimate of drug-likeness (QED) is 0.369. The summed E-state index contributed by atoms with van der Waals surface area (Å²) in [4.78, 5) is 12.6. The van der Waals surface area contributed by atoms with E-state index in [1.165, 1.54) is 12.0 Å². The number of hydrogen-bond donors (Lipinski definition) is 2. The van der Waals surface area contributed by atoms with E-state index in [4.69, 9.17) is 10.7 Å². The molecule has 1 aliphatic rings. The minimum absolute atomic E-state index is 0. The third-order valence-electron chi connectivity index (χ3n) is 6.42. The summed E-state index contributed by atoms with van der Waals surface area (Å²) >= 11 is 0. The molecule has 5 aromatic rings. The largest absolute Gasteiger partial charge is 0.345 e. The third-order valence-corrected chi connectivity index (χ3v) is 6.42. The number of aromatic amines is 1. The van der Waals surface area contributed by atoms with Crippen molar-refractivity contribution in [2.45, 2.75) is 24.8 Å². The Morgan fingerprint density at radius 1 is 0.906 bits per heavy atom. The molecule has 1 fully saturated rings. The number of nitrogens with one attached hydrogen (secondary N) is 1. The Kier molecular flexibility index (Phi) is 5.08. The van der Waals surface area contributed by atoms with E-state index in [9.17, 15) is 0 Å². The zero-order chi connectivity index (χ0) is 20.8. The van der Waals surface area contributed by atoms with Gasteiger partial charge in [0.2, 0.25) is 0 Å². The average molecular weight is 442 g/mol. The lowest BCUT2D eigenvalue weighted by Gasteiger charge is -2.38. The van der Waals surface area contributed by atoms with Gasteiger partial charge >= 0.3 is 0 Å². The van der Waals surface area contributed by atoms with Crippen molar-refractivity contribution in [2.24, 2.45) is 5.73 Å². The SMILES string of the molecule is Cl.NC1(c2ccc(-c3nc4cc(-c5ncc[nH]5)ccn4c3-c3ccccc3)cc2)CCC1. The molecule has 5 nitrogen and oxygen atoms in total. The number of aromatic nitrogens is 4. The first-order valence-electron chi connectivity index (χ1n) is 10.7. The summed E-state index contributed by atoms with van der Waals surface area (Å²) in [6.45, 7) is 0. The number of nitrogens with zero attached hydrogens (tertiary/aromatic N) is 3. The van der Waals surface area contributed by atoms with Gasteiger partial charge in [-0.25, -0.2) is 9.97 Å². The first-order chi connectivity index (χ1) is 15.2. The van der Waals surface area contributed by atoms with Crippen LogP contribution in [0.3, 0.4) is 0 Å². The van der Waals surface area contributed by atoms with E-state index in [-0.39, 0.29) is 17.9 Å². The van der Waals surface area contributed by atoms with Crippen molar-refractivity contribution < 1.29 is 0 Å². The van der Waals surface area contributed by atoms with Crippen LogP contribution in [0.25, 0.3) is 39.5 Å². The van der Waals surface area contributed by atoms with E-state index in [0.29, 0.717) is 0 Å². The average Bonchev–Trinajstić information content (AvgIpc) is 3.46. The molecular weight excluding hydrogens is 418 g/mol. The minimum atomic E-state index is -0.155. The summed E-state index contributed by atoms with van der Waals surface area (Å²) < 4.78 is 2.15. The summed E-state index contributed by atoms with van der Waals surface area (Å²) in [7, 11) is 0. The second-order valence-corrected chi connectivity index (χ2v) is 8.34. The van der Waals surface area contributed by atoms with E-state index in [1.807, 2.05) is 12.3 Å². The lowest BCUT2D eigenvalue weighted by molar-refractivity contribution is 0.253. The predicted molar refractivity (Wildman–Crippen MR) is 131 cm³/mol. The van der Waals surface area contributed by atoms with Crippen molar-refractivity contribution in [3.8, 4) is 33.9 Å². The smallest absolute Gasteiger partial charge is 0.138 e. The maximum absolute atomic E-state index is 6.53. The Morgan fingerprint density at radius 3 is 2.34 bits per heavy atom. The van der Waals surface area contributed by atoms with Crippen LogP contribution in [0.4, 0.5) is 0 Å². The fraction of sp³-hybridized carbons (Fsp3) is 0.154. The molecule has 1 saturated carbocycles. The molecule has 1 aliphatic carbocycles. The molecule has 2 aromatic carbocycles. The summed E-state index contributed by atoms with van der Waals surface area (Å²) in [6, 6.07) is 23.2. The van der Waals surface area contributed by atoms with Crippen molar-refractivity contribution in [3.05, 3.63) is 90.9 Å². The normalized spacial score (nSPS) is 14.7. The van der Waals surface area contributed by atoms with E-state index >= 15 is 0 Å². The summed E-state index contributed by atoms with van der Waals surface area (Å²) in [6.07, 6.45) is 9.00. The Bertz CT molecular complexity index is 1350. The molecule has 0 bridgehead atoms. The van der Waals surface area contributed by atoms with Crippen molar-refractivity contribution in [2.75, 3.05) is 0 Å². The Balaban J connectivity index is 0.00000216. The summed E-state index contributed by atoms with van der Waals surface area (Å²) in [5, 5.41) is 0. The van der Waals surface area contributed by atoms with Crippen LogP contribution in [0.1, 0.15) is 24.8 Å². The van der Waals surface area contributed by atoms with Crippen molar-refractivity contribution in [1.82, 2.24) is 19.4 Å². The van der Waals surface area contributed by atoms with Gasteiger partial charge in [0.15, 0.2) is 0 Å². The lowest BCUT2D eigenvalue weighted by atomic mass is 9.72. The molecule has 0 radical (unpaired) electrons. The number of hydrogen-bond acceptors (Lipinski definition) is 3. The molecular formula is C26H24ClN5. The van der Waals surface area contributed by atoms with Gasteiger partial charge in [-0.2, -0.15) is 0 Å². The number of imidazole rings is 2. The van der Waals surface area contributed by atoms with Crippen LogP contribution in [0.5, 0.6) is 0 Å². The monoisotopic (exact) mass is 441 g/mol. The predicted octanol–water partition coefficient (Wildman–Crippen LogP) is 5.82. The van der Waals surface area contributed by atoms with Gasteiger partial charge in [-0.1, -0.05) is 54.6 Å². The van der Waals surface area contributed by atoms with E-state index < -0.39 is 0 Å². The molecule has 160 valence electrons. The van der Waals surface area contributed by atoms with Gasteiger partial charge in [-0.05, 0) is 37.0 Å². The maximum Gasteiger partial charge on any atom is 0.138 e. The molecule has 3 N–H and O–H groups in total. The number of rotatable bonds is 4. The van der Waals surface area contributed by atoms with Crippen molar-refractivity contribution in [3.63, 3.8) is 0 Å². The Hall–Kier alpha value is -3.41. The molecule has 0 unspecified atom stereocenters. The summed E-state index contributed by atoms with van der Waals surface area (Å²) in [5.74, 6) is 0.839. The van der Waals surface area contributed by atoms with Crippen molar-refractivity contribution >= 4 is 18.1 Å². The number of benzene rings is 2. The maximum atomic E-state index is 6.53. The minimum Gasteiger partial charge on any atom is -0.345 e. The van der Waals surface area contributed by atoms with Crippen LogP contribution < -0.4 is 5.73 Å². The number of nitrogens with two attached hydrogens (primary N) is 1. The number of fused-ring (bicyclic) bond motifs is 1. The van der Waals surface area contributed by atoms with Gasteiger partial charge in [0.1, 0.15) is 11.5 Å². The van der Waals surface area contributed by atoms with Gasteiger partial charge in [0.25, 0.3) is 0 Å². The zero-order valence-corrected chi connectivity index (χ0v) is 18.3. The molecule has 0 atom stereocenters. The highest BCUT2D eigenvalue weighted by Crippen LogP contribution is 2.40. The van der Waals surface area contributed by atoms with Gasteiger partial charge in [-0.15, -0.1) is 12.4 Å². The fourth-order valence-electron chi connectivity index (χ4n) is 4.49. The molecule has 0 amide bonds. The second kappa shape index (κ2) is 7.93. The molecule has 3 heterocycles. The van der Waals surface area contributed by atoms with Crippen LogP contribution in [-0.2, 0) is 5.54 Å². The molecule has 0 aliphatic heterocycles. The highest BCUT2D eigenvalue weighted by molar-refractivity contribution is 5.85.